The Morgan fingerprint density at radius 2 is 1.95 bits per heavy atom. The largest absolute Gasteiger partial charge is 0.465 e. The van der Waals surface area contributed by atoms with Gasteiger partial charge >= 0.3 is 5.97 Å². The van der Waals surface area contributed by atoms with E-state index in [9.17, 15) is 4.79 Å². The minimum atomic E-state index is -0.321. The van der Waals surface area contributed by atoms with Gasteiger partial charge in [0.1, 0.15) is 0 Å². The van der Waals surface area contributed by atoms with Crippen LogP contribution in [0.3, 0.4) is 0 Å². The Morgan fingerprint density at radius 1 is 1.32 bits per heavy atom. The first-order valence-corrected chi connectivity index (χ1v) is 6.06. The smallest absolute Gasteiger partial charge is 0.339 e. The number of para-hydroxylation sites is 1. The molecule has 1 rings (SSSR count). The van der Waals surface area contributed by atoms with Gasteiger partial charge in [-0.3, -0.25) is 0 Å². The molecule has 104 valence electrons. The van der Waals surface area contributed by atoms with Gasteiger partial charge in [-0.25, -0.2) is 4.79 Å². The van der Waals surface area contributed by atoms with Crippen molar-refractivity contribution in [1.82, 2.24) is 0 Å². The molecule has 0 heterocycles. The number of ether oxygens (including phenoxy) is 1. The number of hydrogen-bond acceptors (Lipinski definition) is 4. The summed E-state index contributed by atoms with van der Waals surface area (Å²) in [5, 5.41) is 3.14. The van der Waals surface area contributed by atoms with Gasteiger partial charge in [-0.1, -0.05) is 30.4 Å². The maximum absolute atomic E-state index is 11.4. The predicted octanol–water partition coefficient (Wildman–Crippen LogP) is 2.94. The summed E-state index contributed by atoms with van der Waals surface area (Å²) in [5.41, 5.74) is 6.20. The molecule has 1 aromatic carbocycles. The quantitative estimate of drug-likeness (QED) is 0.647. The number of anilines is 1. The number of benzene rings is 1. The van der Waals surface area contributed by atoms with Gasteiger partial charge in [0.2, 0.25) is 0 Å². The van der Waals surface area contributed by atoms with Crippen molar-refractivity contribution in [2.75, 3.05) is 19.0 Å². The number of nitrogens with one attached hydrogen (secondary N) is 1. The van der Waals surface area contributed by atoms with Gasteiger partial charge in [-0.15, -0.1) is 0 Å². The van der Waals surface area contributed by atoms with Crippen molar-refractivity contribution in [3.8, 4) is 0 Å². The second-order valence-electron chi connectivity index (χ2n) is 3.51. The van der Waals surface area contributed by atoms with E-state index >= 15 is 0 Å². The predicted molar refractivity (Wildman–Crippen MR) is 80.1 cm³/mol. The molecule has 0 aromatic heterocycles. The van der Waals surface area contributed by atoms with Crippen molar-refractivity contribution in [3.05, 3.63) is 54.3 Å². The van der Waals surface area contributed by atoms with Crippen molar-refractivity contribution >= 4 is 11.7 Å². The van der Waals surface area contributed by atoms with Crippen LogP contribution in [0.5, 0.6) is 0 Å². The molecule has 0 amide bonds. The van der Waals surface area contributed by atoms with Gasteiger partial charge < -0.3 is 15.8 Å². The molecule has 4 nitrogen and oxygen atoms in total. The van der Waals surface area contributed by atoms with Crippen LogP contribution >= 0.6 is 0 Å². The summed E-state index contributed by atoms with van der Waals surface area (Å²) in [6, 6.07) is 7.29. The molecule has 0 fully saturated rings. The summed E-state index contributed by atoms with van der Waals surface area (Å²) in [6.07, 6.45) is 7.21. The SMILES string of the molecule is C/C=C/CNc1ccccc1C(=O)OC.C/C=C\N. The maximum atomic E-state index is 11.4. The molecule has 0 aliphatic heterocycles. The zero-order valence-electron chi connectivity index (χ0n) is 11.7. The first kappa shape index (κ1) is 16.8. The maximum Gasteiger partial charge on any atom is 0.339 e. The molecule has 3 N–H and O–H groups in total. The van der Waals surface area contributed by atoms with Crippen LogP contribution in [0.15, 0.2) is 48.7 Å². The summed E-state index contributed by atoms with van der Waals surface area (Å²) < 4.78 is 4.69. The minimum Gasteiger partial charge on any atom is -0.465 e. The number of hydrogen-bond donors (Lipinski definition) is 2. The number of carbonyl (C=O) groups excluding carboxylic acids is 1. The second kappa shape index (κ2) is 10.9. The van der Waals surface area contributed by atoms with Crippen molar-refractivity contribution in [2.24, 2.45) is 5.73 Å². The van der Waals surface area contributed by atoms with E-state index in [0.29, 0.717) is 12.1 Å². The fourth-order valence-electron chi connectivity index (χ4n) is 1.21. The van der Waals surface area contributed by atoms with Crippen molar-refractivity contribution in [1.29, 1.82) is 0 Å². The average Bonchev–Trinajstić information content (AvgIpc) is 2.47. The Balaban J connectivity index is 0.000000711. The first-order chi connectivity index (χ1) is 9.21. The molecule has 0 aliphatic carbocycles. The summed E-state index contributed by atoms with van der Waals surface area (Å²) in [4.78, 5) is 11.4. The Kier molecular flexibility index (Phi) is 9.62. The number of nitrogens with two attached hydrogens (primary N) is 1. The van der Waals surface area contributed by atoms with Crippen LogP contribution in [0, 0.1) is 0 Å². The van der Waals surface area contributed by atoms with E-state index in [1.165, 1.54) is 13.3 Å². The molecular formula is C15H22N2O2. The lowest BCUT2D eigenvalue weighted by atomic mass is 10.2. The van der Waals surface area contributed by atoms with Crippen LogP contribution in [-0.2, 0) is 4.74 Å². The topological polar surface area (TPSA) is 64.3 Å². The molecule has 0 atom stereocenters. The zero-order valence-corrected chi connectivity index (χ0v) is 11.7. The van der Waals surface area contributed by atoms with Gasteiger partial charge in [0.25, 0.3) is 0 Å². The molecule has 0 spiro atoms. The number of rotatable bonds is 4. The van der Waals surface area contributed by atoms with Crippen LogP contribution in [0.2, 0.25) is 0 Å². The Morgan fingerprint density at radius 3 is 2.47 bits per heavy atom. The molecule has 0 saturated carbocycles. The third-order valence-corrected chi connectivity index (χ3v) is 2.17. The van der Waals surface area contributed by atoms with Gasteiger partial charge in [0.15, 0.2) is 0 Å². The van der Waals surface area contributed by atoms with Crippen LogP contribution in [0.4, 0.5) is 5.69 Å². The third kappa shape index (κ3) is 6.93. The Hall–Kier alpha value is -2.23. The monoisotopic (exact) mass is 262 g/mol. The highest BCUT2D eigenvalue weighted by Gasteiger charge is 2.09. The van der Waals surface area contributed by atoms with E-state index in [-0.39, 0.29) is 5.97 Å². The lowest BCUT2D eigenvalue weighted by molar-refractivity contribution is 0.0602. The fourth-order valence-corrected chi connectivity index (χ4v) is 1.21. The normalized spacial score (nSPS) is 10.1. The highest BCUT2D eigenvalue weighted by molar-refractivity contribution is 5.95. The van der Waals surface area contributed by atoms with Crippen LogP contribution in [0.1, 0.15) is 24.2 Å². The zero-order chi connectivity index (χ0) is 14.5. The van der Waals surface area contributed by atoms with E-state index in [1.54, 1.807) is 12.1 Å². The molecule has 4 heteroatoms. The summed E-state index contributed by atoms with van der Waals surface area (Å²) in [5.74, 6) is -0.321. The van der Waals surface area contributed by atoms with E-state index in [4.69, 9.17) is 5.73 Å². The molecule has 0 aliphatic rings. The van der Waals surface area contributed by atoms with Crippen molar-refractivity contribution in [3.63, 3.8) is 0 Å². The minimum absolute atomic E-state index is 0.321. The molecule has 19 heavy (non-hydrogen) atoms. The number of methoxy groups -OCH3 is 1. The average molecular weight is 262 g/mol. The van der Waals surface area contributed by atoms with E-state index in [0.717, 1.165) is 5.69 Å². The van der Waals surface area contributed by atoms with Crippen LogP contribution in [0.25, 0.3) is 0 Å². The van der Waals surface area contributed by atoms with Crippen molar-refractivity contribution < 1.29 is 9.53 Å². The van der Waals surface area contributed by atoms with Gasteiger partial charge in [-0.2, -0.15) is 0 Å². The molecular weight excluding hydrogens is 240 g/mol. The molecule has 0 radical (unpaired) electrons. The number of allylic oxidation sites excluding steroid dienone is 2. The Labute approximate surface area is 115 Å². The number of esters is 1. The Bertz CT molecular complexity index is 422. The van der Waals surface area contributed by atoms with Crippen LogP contribution < -0.4 is 11.1 Å². The van der Waals surface area contributed by atoms with Crippen molar-refractivity contribution in [2.45, 2.75) is 13.8 Å². The molecule has 1 aromatic rings. The van der Waals surface area contributed by atoms with Crippen LogP contribution in [-0.4, -0.2) is 19.6 Å². The highest BCUT2D eigenvalue weighted by Crippen LogP contribution is 2.15. The summed E-state index contributed by atoms with van der Waals surface area (Å²) >= 11 is 0. The van der Waals surface area contributed by atoms with E-state index < -0.39 is 0 Å². The van der Waals surface area contributed by atoms with E-state index in [1.807, 2.05) is 44.2 Å². The lowest BCUT2D eigenvalue weighted by Gasteiger charge is -2.08. The third-order valence-electron chi connectivity index (χ3n) is 2.17. The van der Waals surface area contributed by atoms with Gasteiger partial charge in [-0.05, 0) is 32.2 Å². The standard InChI is InChI=1S/C12H15NO2.C3H7N/c1-3-4-9-13-11-8-6-5-7-10(11)12(14)15-2;1-2-3-4/h3-8,13H,9H2,1-2H3;2-3H,4H2,1H3/b4-3+;3-2-. The molecule has 0 unspecified atom stereocenters. The summed E-state index contributed by atoms with van der Waals surface area (Å²) in [6.45, 7) is 4.53. The highest BCUT2D eigenvalue weighted by atomic mass is 16.5. The second-order valence-corrected chi connectivity index (χ2v) is 3.51. The molecule has 0 saturated heterocycles. The molecule has 0 bridgehead atoms. The van der Waals surface area contributed by atoms with E-state index in [2.05, 4.69) is 10.1 Å². The van der Waals surface area contributed by atoms with Gasteiger partial charge in [0.05, 0.1) is 12.7 Å². The summed E-state index contributed by atoms with van der Waals surface area (Å²) in [7, 11) is 1.38. The van der Waals surface area contributed by atoms with Gasteiger partial charge in [0, 0.05) is 12.2 Å². The fraction of sp³-hybridized carbons (Fsp3) is 0.267. The number of carbonyl (C=O) groups is 1. The first-order valence-electron chi connectivity index (χ1n) is 6.06. The lowest BCUT2D eigenvalue weighted by Crippen LogP contribution is -2.07.